The summed E-state index contributed by atoms with van der Waals surface area (Å²) in [6, 6.07) is 19.5. The Morgan fingerprint density at radius 3 is 2.39 bits per heavy atom. The van der Waals surface area contributed by atoms with Gasteiger partial charge >= 0.3 is 5.97 Å². The van der Waals surface area contributed by atoms with Crippen LogP contribution in [-0.4, -0.2) is 18.5 Å². The van der Waals surface area contributed by atoms with Crippen LogP contribution in [0, 0.1) is 6.92 Å². The lowest BCUT2D eigenvalue weighted by molar-refractivity contribution is -0.128. The topological polar surface area (TPSA) is 64.6 Å². The van der Waals surface area contributed by atoms with E-state index in [9.17, 15) is 9.59 Å². The number of nitrogens with one attached hydrogen (secondary N) is 1. The maximum atomic E-state index is 12.4. The van der Waals surface area contributed by atoms with Crippen molar-refractivity contribution in [1.29, 1.82) is 0 Å². The van der Waals surface area contributed by atoms with E-state index in [0.29, 0.717) is 23.7 Å². The highest BCUT2D eigenvalue weighted by Crippen LogP contribution is 2.24. The van der Waals surface area contributed by atoms with Gasteiger partial charge < -0.3 is 14.8 Å². The van der Waals surface area contributed by atoms with Gasteiger partial charge in [0.15, 0.2) is 0 Å². The minimum absolute atomic E-state index is 0.236. The predicted octanol–water partition coefficient (Wildman–Crippen LogP) is 6.03. The molecule has 0 atom stereocenters. The first-order chi connectivity index (χ1) is 14.9. The van der Waals surface area contributed by atoms with E-state index in [4.69, 9.17) is 9.47 Å². The highest BCUT2D eigenvalue weighted by molar-refractivity contribution is 9.10. The van der Waals surface area contributed by atoms with Crippen molar-refractivity contribution in [1.82, 2.24) is 0 Å². The van der Waals surface area contributed by atoms with Gasteiger partial charge in [-0.2, -0.15) is 0 Å². The summed E-state index contributed by atoms with van der Waals surface area (Å²) >= 11 is 3.41. The Hall–Kier alpha value is -3.38. The van der Waals surface area contributed by atoms with Crippen molar-refractivity contribution < 1.29 is 19.1 Å². The van der Waals surface area contributed by atoms with Gasteiger partial charge in [-0.3, -0.25) is 4.79 Å². The second kappa shape index (κ2) is 10.6. The summed E-state index contributed by atoms with van der Waals surface area (Å²) in [6.45, 7) is 4.41. The minimum atomic E-state index is -0.528. The van der Waals surface area contributed by atoms with E-state index in [-0.39, 0.29) is 5.91 Å². The van der Waals surface area contributed by atoms with Gasteiger partial charge in [0, 0.05) is 27.4 Å². The van der Waals surface area contributed by atoms with Crippen LogP contribution < -0.4 is 14.8 Å². The number of carbonyl (C=O) groups excluding carboxylic acids is 2. The zero-order valence-corrected chi connectivity index (χ0v) is 18.8. The van der Waals surface area contributed by atoms with Crippen molar-refractivity contribution in [3.63, 3.8) is 0 Å². The van der Waals surface area contributed by atoms with Crippen molar-refractivity contribution >= 4 is 39.6 Å². The Morgan fingerprint density at radius 1 is 1.00 bits per heavy atom. The maximum absolute atomic E-state index is 12.4. The molecule has 6 heteroatoms. The molecular weight excluding hydrogens is 458 g/mol. The van der Waals surface area contributed by atoms with E-state index in [1.165, 1.54) is 6.08 Å². The second-order valence-electron chi connectivity index (χ2n) is 6.71. The van der Waals surface area contributed by atoms with Crippen LogP contribution in [0.5, 0.6) is 11.5 Å². The fourth-order valence-corrected chi connectivity index (χ4v) is 3.14. The van der Waals surface area contributed by atoms with Gasteiger partial charge in [0.25, 0.3) is 5.91 Å². The van der Waals surface area contributed by atoms with Crippen LogP contribution in [0.15, 0.2) is 77.3 Å². The molecule has 0 fully saturated rings. The van der Waals surface area contributed by atoms with Crippen LogP contribution >= 0.6 is 15.9 Å². The lowest BCUT2D eigenvalue weighted by Gasteiger charge is -2.08. The molecule has 0 aliphatic heterocycles. The average Bonchev–Trinajstić information content (AvgIpc) is 2.76. The molecule has 0 bridgehead atoms. The zero-order valence-electron chi connectivity index (χ0n) is 17.2. The molecule has 3 aromatic carbocycles. The Labute approximate surface area is 189 Å². The van der Waals surface area contributed by atoms with Crippen LogP contribution in [-0.2, 0) is 4.79 Å². The van der Waals surface area contributed by atoms with Gasteiger partial charge in [0.2, 0.25) is 0 Å². The van der Waals surface area contributed by atoms with E-state index >= 15 is 0 Å². The van der Waals surface area contributed by atoms with Gasteiger partial charge in [-0.15, -0.1) is 0 Å². The Kier molecular flexibility index (Phi) is 7.62. The third-order valence-electron chi connectivity index (χ3n) is 4.32. The minimum Gasteiger partial charge on any atom is -0.493 e. The van der Waals surface area contributed by atoms with E-state index in [1.807, 2.05) is 56.3 Å². The fraction of sp³-hybridized carbons (Fsp3) is 0.120. The van der Waals surface area contributed by atoms with Crippen LogP contribution in [0.4, 0.5) is 5.69 Å². The molecular formula is C25H22BrNO4. The van der Waals surface area contributed by atoms with Gasteiger partial charge in [-0.1, -0.05) is 33.6 Å². The van der Waals surface area contributed by atoms with Crippen LogP contribution in [0.3, 0.4) is 0 Å². The largest absolute Gasteiger partial charge is 0.493 e. The zero-order chi connectivity index (χ0) is 22.2. The molecule has 1 N–H and O–H groups in total. The highest BCUT2D eigenvalue weighted by Gasteiger charge is 2.08. The molecule has 0 aliphatic carbocycles. The summed E-state index contributed by atoms with van der Waals surface area (Å²) in [5.41, 5.74) is 3.06. The number of carbonyl (C=O) groups is 2. The van der Waals surface area contributed by atoms with Gasteiger partial charge in [-0.25, -0.2) is 4.79 Å². The predicted molar refractivity (Wildman–Crippen MR) is 126 cm³/mol. The summed E-state index contributed by atoms with van der Waals surface area (Å²) in [5, 5.41) is 2.83. The molecule has 3 rings (SSSR count). The summed E-state index contributed by atoms with van der Waals surface area (Å²) in [7, 11) is 0. The molecule has 1 amide bonds. The molecule has 0 unspecified atom stereocenters. The second-order valence-corrected chi connectivity index (χ2v) is 7.63. The molecule has 0 spiro atoms. The number of hydrogen-bond donors (Lipinski definition) is 1. The first-order valence-corrected chi connectivity index (χ1v) is 10.5. The maximum Gasteiger partial charge on any atom is 0.336 e. The summed E-state index contributed by atoms with van der Waals surface area (Å²) in [4.78, 5) is 24.5. The summed E-state index contributed by atoms with van der Waals surface area (Å²) in [6.07, 6.45) is 2.98. The molecule has 0 saturated heterocycles. The van der Waals surface area contributed by atoms with Crippen molar-refractivity contribution in [3.05, 3.63) is 94.0 Å². The molecule has 31 heavy (non-hydrogen) atoms. The number of amides is 1. The molecule has 0 saturated carbocycles. The molecule has 0 radical (unpaired) electrons. The van der Waals surface area contributed by atoms with Crippen molar-refractivity contribution in [2.45, 2.75) is 13.8 Å². The van der Waals surface area contributed by atoms with Gasteiger partial charge in [-0.05, 0) is 74.5 Å². The van der Waals surface area contributed by atoms with E-state index in [1.54, 1.807) is 30.3 Å². The highest BCUT2D eigenvalue weighted by atomic mass is 79.9. The normalized spacial score (nSPS) is 10.7. The SMILES string of the molecule is CCOc1ccc(Br)cc1/C=C/C(=O)Oc1ccc(C(=O)Nc2ccc(C)cc2)cc1. The number of halogens is 1. The number of anilines is 1. The quantitative estimate of drug-likeness (QED) is 0.255. The Bertz CT molecular complexity index is 1090. The van der Waals surface area contributed by atoms with E-state index < -0.39 is 5.97 Å². The third kappa shape index (κ3) is 6.55. The average molecular weight is 480 g/mol. The molecule has 3 aromatic rings. The van der Waals surface area contributed by atoms with Crippen molar-refractivity contribution in [3.8, 4) is 11.5 Å². The van der Waals surface area contributed by atoms with E-state index in [0.717, 1.165) is 21.3 Å². The first-order valence-electron chi connectivity index (χ1n) is 9.75. The standard InChI is InChI=1S/C25H22BrNO4/c1-3-30-23-14-9-20(26)16-19(23)8-15-24(28)31-22-12-6-18(7-13-22)25(29)27-21-10-4-17(2)5-11-21/h4-16H,3H2,1-2H3,(H,27,29)/b15-8+. The molecule has 5 nitrogen and oxygen atoms in total. The first kappa shape index (κ1) is 22.3. The van der Waals surface area contributed by atoms with Crippen LogP contribution in [0.2, 0.25) is 0 Å². The molecule has 0 aromatic heterocycles. The lowest BCUT2D eigenvalue weighted by atomic mass is 10.2. The van der Waals surface area contributed by atoms with Crippen molar-refractivity contribution in [2.75, 3.05) is 11.9 Å². The number of rotatable bonds is 7. The van der Waals surface area contributed by atoms with Crippen LogP contribution in [0.25, 0.3) is 6.08 Å². The monoisotopic (exact) mass is 479 g/mol. The third-order valence-corrected chi connectivity index (χ3v) is 4.81. The molecule has 0 heterocycles. The smallest absolute Gasteiger partial charge is 0.336 e. The van der Waals surface area contributed by atoms with Crippen LogP contribution in [0.1, 0.15) is 28.4 Å². The molecule has 0 aliphatic rings. The number of ether oxygens (including phenoxy) is 2. The van der Waals surface area contributed by atoms with Crippen molar-refractivity contribution in [2.24, 2.45) is 0 Å². The summed E-state index contributed by atoms with van der Waals surface area (Å²) < 4.78 is 11.8. The van der Waals surface area contributed by atoms with Gasteiger partial charge in [0.05, 0.1) is 6.61 Å². The number of esters is 1. The molecule has 158 valence electrons. The number of benzene rings is 3. The summed E-state index contributed by atoms with van der Waals surface area (Å²) in [5.74, 6) is 0.263. The van der Waals surface area contributed by atoms with E-state index in [2.05, 4.69) is 21.2 Å². The Balaban J connectivity index is 1.61. The lowest BCUT2D eigenvalue weighted by Crippen LogP contribution is -2.12. The Morgan fingerprint density at radius 2 is 1.71 bits per heavy atom. The van der Waals surface area contributed by atoms with Gasteiger partial charge in [0.1, 0.15) is 11.5 Å². The number of hydrogen-bond acceptors (Lipinski definition) is 4. The number of aryl methyl sites for hydroxylation is 1. The fourth-order valence-electron chi connectivity index (χ4n) is 2.76.